The number of carbonyl (C=O) groups excluding carboxylic acids is 1. The number of carbonyl (C=O) groups is 1. The first-order valence-corrected chi connectivity index (χ1v) is 10.3. The van der Waals surface area contributed by atoms with Crippen LogP contribution in [0.4, 0.5) is 0 Å². The van der Waals surface area contributed by atoms with Gasteiger partial charge in [-0.15, -0.1) is 0 Å². The van der Waals surface area contributed by atoms with E-state index in [1.54, 1.807) is 0 Å². The maximum atomic E-state index is 13.1. The fraction of sp³-hybridized carbons (Fsp3) is 0.458. The Balaban J connectivity index is 1.39. The molecular formula is C24H29NO3. The maximum absolute atomic E-state index is 13.1. The van der Waals surface area contributed by atoms with Crippen LogP contribution in [0.5, 0.6) is 5.75 Å². The summed E-state index contributed by atoms with van der Waals surface area (Å²) in [4.78, 5) is 15.1. The summed E-state index contributed by atoms with van der Waals surface area (Å²) in [5.41, 5.74) is 1.98. The van der Waals surface area contributed by atoms with E-state index in [0.29, 0.717) is 12.7 Å². The van der Waals surface area contributed by atoms with Crippen molar-refractivity contribution in [1.82, 2.24) is 4.90 Å². The van der Waals surface area contributed by atoms with E-state index in [1.807, 2.05) is 66.6 Å². The molecule has 0 N–H and O–H groups in total. The van der Waals surface area contributed by atoms with Crippen LogP contribution in [0.2, 0.25) is 0 Å². The molecular weight excluding hydrogens is 350 g/mol. The number of rotatable bonds is 5. The van der Waals surface area contributed by atoms with Gasteiger partial charge in [0.15, 0.2) is 0 Å². The molecule has 0 radical (unpaired) electrons. The van der Waals surface area contributed by atoms with Crippen LogP contribution in [-0.2, 0) is 11.3 Å². The monoisotopic (exact) mass is 379 g/mol. The lowest BCUT2D eigenvalue weighted by molar-refractivity contribution is -0.0295. The molecule has 1 saturated heterocycles. The number of methoxy groups -OCH3 is 1. The molecule has 0 unspecified atom stereocenters. The van der Waals surface area contributed by atoms with E-state index in [2.05, 4.69) is 0 Å². The Morgan fingerprint density at radius 3 is 2.57 bits per heavy atom. The highest BCUT2D eigenvalue weighted by Gasteiger charge is 2.46. The van der Waals surface area contributed by atoms with Crippen molar-refractivity contribution >= 4 is 5.91 Å². The van der Waals surface area contributed by atoms with Crippen LogP contribution >= 0.6 is 0 Å². The van der Waals surface area contributed by atoms with Crippen LogP contribution < -0.4 is 4.74 Å². The van der Waals surface area contributed by atoms with Gasteiger partial charge in [-0.3, -0.25) is 4.79 Å². The number of likely N-dealkylation sites (tertiary alicyclic amines) is 1. The Kier molecular flexibility index (Phi) is 5.67. The predicted molar refractivity (Wildman–Crippen MR) is 109 cm³/mol. The Morgan fingerprint density at radius 1 is 1.07 bits per heavy atom. The second kappa shape index (κ2) is 8.36. The van der Waals surface area contributed by atoms with Crippen LogP contribution in [-0.4, -0.2) is 37.1 Å². The molecule has 2 aliphatic rings. The summed E-state index contributed by atoms with van der Waals surface area (Å²) in [6.07, 6.45) is 6.02. The molecule has 1 spiro atoms. The zero-order valence-corrected chi connectivity index (χ0v) is 16.6. The minimum Gasteiger partial charge on any atom is -0.489 e. The van der Waals surface area contributed by atoms with Gasteiger partial charge in [-0.2, -0.15) is 0 Å². The molecule has 148 valence electrons. The fourth-order valence-corrected chi connectivity index (χ4v) is 4.88. The van der Waals surface area contributed by atoms with E-state index in [4.69, 9.17) is 9.47 Å². The summed E-state index contributed by atoms with van der Waals surface area (Å²) in [5.74, 6) is 0.988. The fourth-order valence-electron chi connectivity index (χ4n) is 4.88. The minimum atomic E-state index is 0.136. The van der Waals surface area contributed by atoms with Gasteiger partial charge >= 0.3 is 0 Å². The van der Waals surface area contributed by atoms with Crippen LogP contribution in [0.25, 0.3) is 0 Å². The number of ether oxygens (including phenoxy) is 2. The summed E-state index contributed by atoms with van der Waals surface area (Å²) in [6.45, 7) is 2.17. The van der Waals surface area contributed by atoms with Crippen molar-refractivity contribution in [2.24, 2.45) is 5.41 Å². The summed E-state index contributed by atoms with van der Waals surface area (Å²) >= 11 is 0. The molecule has 28 heavy (non-hydrogen) atoms. The molecule has 1 aliphatic heterocycles. The molecule has 2 atom stereocenters. The highest BCUT2D eigenvalue weighted by molar-refractivity contribution is 5.94. The highest BCUT2D eigenvalue weighted by atomic mass is 16.5. The van der Waals surface area contributed by atoms with Gasteiger partial charge in [0.1, 0.15) is 12.4 Å². The molecule has 4 rings (SSSR count). The van der Waals surface area contributed by atoms with Crippen LogP contribution in [0, 0.1) is 5.41 Å². The van der Waals surface area contributed by atoms with Crippen molar-refractivity contribution in [2.75, 3.05) is 20.2 Å². The van der Waals surface area contributed by atoms with Crippen molar-refractivity contribution < 1.29 is 14.3 Å². The van der Waals surface area contributed by atoms with Crippen molar-refractivity contribution in [1.29, 1.82) is 0 Å². The Bertz CT molecular complexity index is 789. The van der Waals surface area contributed by atoms with Gasteiger partial charge in [-0.1, -0.05) is 36.8 Å². The molecule has 4 nitrogen and oxygen atoms in total. The topological polar surface area (TPSA) is 38.8 Å². The summed E-state index contributed by atoms with van der Waals surface area (Å²) < 4.78 is 11.6. The average Bonchev–Trinajstić information content (AvgIpc) is 3.14. The largest absolute Gasteiger partial charge is 0.489 e. The summed E-state index contributed by atoms with van der Waals surface area (Å²) in [7, 11) is 1.81. The number of nitrogens with zero attached hydrogens (tertiary/aromatic N) is 1. The first-order valence-electron chi connectivity index (χ1n) is 10.3. The Morgan fingerprint density at radius 2 is 1.82 bits per heavy atom. The number of piperidine rings is 1. The third-order valence-electron chi connectivity index (χ3n) is 6.35. The summed E-state index contributed by atoms with van der Waals surface area (Å²) in [5, 5.41) is 0. The van der Waals surface area contributed by atoms with Crippen molar-refractivity contribution in [3.05, 3.63) is 65.7 Å². The van der Waals surface area contributed by atoms with Gasteiger partial charge in [0.25, 0.3) is 5.91 Å². The molecule has 1 heterocycles. The molecule has 2 aromatic rings. The third kappa shape index (κ3) is 3.93. The standard InChI is InChI=1S/C24H29NO3/c1-27-22-9-5-14-24(22)15-6-16-25(18-24)23(26)20-12-10-19(11-13-20)17-28-21-7-3-2-4-8-21/h2-4,7-8,10-13,22H,5-6,9,14-18H2,1H3/t22-,24+/m1/s1. The number of para-hydroxylation sites is 1. The molecule has 2 fully saturated rings. The highest BCUT2D eigenvalue weighted by Crippen LogP contribution is 2.46. The minimum absolute atomic E-state index is 0.136. The van der Waals surface area contributed by atoms with Gasteiger partial charge in [-0.25, -0.2) is 0 Å². The molecule has 0 bridgehead atoms. The number of hydrogen-bond donors (Lipinski definition) is 0. The van der Waals surface area contributed by atoms with E-state index in [-0.39, 0.29) is 11.3 Å². The molecule has 2 aromatic carbocycles. The first kappa shape index (κ1) is 19.0. The van der Waals surface area contributed by atoms with Crippen LogP contribution in [0.1, 0.15) is 48.0 Å². The van der Waals surface area contributed by atoms with E-state index in [1.165, 1.54) is 19.3 Å². The smallest absolute Gasteiger partial charge is 0.253 e. The van der Waals surface area contributed by atoms with Gasteiger partial charge in [0.2, 0.25) is 0 Å². The molecule has 1 aliphatic carbocycles. The molecule has 1 amide bonds. The van der Waals surface area contributed by atoms with Gasteiger partial charge < -0.3 is 14.4 Å². The van der Waals surface area contributed by atoms with E-state index in [9.17, 15) is 4.79 Å². The van der Waals surface area contributed by atoms with Crippen molar-refractivity contribution in [3.8, 4) is 5.75 Å². The van der Waals surface area contributed by atoms with E-state index < -0.39 is 0 Å². The van der Waals surface area contributed by atoms with Crippen LogP contribution in [0.3, 0.4) is 0 Å². The zero-order valence-electron chi connectivity index (χ0n) is 16.6. The van der Waals surface area contributed by atoms with E-state index in [0.717, 1.165) is 42.8 Å². The number of hydrogen-bond acceptors (Lipinski definition) is 3. The average molecular weight is 380 g/mol. The Hall–Kier alpha value is -2.33. The predicted octanol–water partition coefficient (Wildman–Crippen LogP) is 4.69. The maximum Gasteiger partial charge on any atom is 0.253 e. The lowest BCUT2D eigenvalue weighted by Gasteiger charge is -2.43. The van der Waals surface area contributed by atoms with E-state index >= 15 is 0 Å². The first-order chi connectivity index (χ1) is 13.7. The summed E-state index contributed by atoms with van der Waals surface area (Å²) in [6, 6.07) is 17.6. The lowest BCUT2D eigenvalue weighted by atomic mass is 9.76. The zero-order chi connectivity index (χ0) is 19.4. The SMILES string of the molecule is CO[C@@H]1CCC[C@@]12CCCN(C(=O)c1ccc(COc3ccccc3)cc1)C2. The normalized spacial score (nSPS) is 24.5. The van der Waals surface area contributed by atoms with Gasteiger partial charge in [0.05, 0.1) is 6.10 Å². The quantitative estimate of drug-likeness (QED) is 0.757. The molecule has 4 heteroatoms. The molecule has 1 saturated carbocycles. The van der Waals surface area contributed by atoms with Crippen LogP contribution in [0.15, 0.2) is 54.6 Å². The van der Waals surface area contributed by atoms with Gasteiger partial charge in [-0.05, 0) is 55.5 Å². The number of amides is 1. The Labute approximate surface area is 167 Å². The van der Waals surface area contributed by atoms with Crippen molar-refractivity contribution in [2.45, 2.75) is 44.8 Å². The number of benzene rings is 2. The lowest BCUT2D eigenvalue weighted by Crippen LogP contribution is -2.49. The molecule has 0 aromatic heterocycles. The second-order valence-corrected chi connectivity index (χ2v) is 8.11. The third-order valence-corrected chi connectivity index (χ3v) is 6.35. The second-order valence-electron chi connectivity index (χ2n) is 8.11. The van der Waals surface area contributed by atoms with Gasteiger partial charge in [0, 0.05) is 31.2 Å². The van der Waals surface area contributed by atoms with Crippen molar-refractivity contribution in [3.63, 3.8) is 0 Å².